The van der Waals surface area contributed by atoms with Crippen LogP contribution in [0.1, 0.15) is 5.56 Å². The summed E-state index contributed by atoms with van der Waals surface area (Å²) in [6, 6.07) is 9.76. The molecule has 0 spiro atoms. The third-order valence-corrected chi connectivity index (χ3v) is 3.39. The van der Waals surface area contributed by atoms with Crippen molar-refractivity contribution in [2.75, 3.05) is 6.26 Å². The highest BCUT2D eigenvalue weighted by molar-refractivity contribution is 7.98. The molecule has 0 aliphatic carbocycles. The molecule has 5 heteroatoms. The quantitative estimate of drug-likeness (QED) is 0.685. The maximum absolute atomic E-state index is 6.12. The average Bonchev–Trinajstić information content (AvgIpc) is 2.38. The van der Waals surface area contributed by atoms with Gasteiger partial charge in [-0.2, -0.15) is 0 Å². The Morgan fingerprint density at radius 1 is 1.24 bits per heavy atom. The van der Waals surface area contributed by atoms with Gasteiger partial charge in [-0.3, -0.25) is 0 Å². The topological polar surface area (TPSA) is 51.8 Å². The molecule has 1 heterocycles. The predicted octanol–water partition coefficient (Wildman–Crippen LogP) is 2.98. The second-order valence-corrected chi connectivity index (χ2v) is 4.55. The minimum Gasteiger partial charge on any atom is -0.326 e. The van der Waals surface area contributed by atoms with Gasteiger partial charge < -0.3 is 5.73 Å². The third kappa shape index (κ3) is 2.60. The molecule has 3 nitrogen and oxygen atoms in total. The van der Waals surface area contributed by atoms with E-state index >= 15 is 0 Å². The molecule has 0 unspecified atom stereocenters. The molecule has 1 aromatic heterocycles. The van der Waals surface area contributed by atoms with Crippen LogP contribution in [0.25, 0.3) is 11.4 Å². The lowest BCUT2D eigenvalue weighted by Gasteiger charge is -2.08. The first-order valence-corrected chi connectivity index (χ1v) is 6.72. The molecular formula is C12H12ClN3S. The van der Waals surface area contributed by atoms with Crippen LogP contribution in [-0.4, -0.2) is 16.2 Å². The zero-order chi connectivity index (χ0) is 12.3. The van der Waals surface area contributed by atoms with Crippen LogP contribution < -0.4 is 5.73 Å². The van der Waals surface area contributed by atoms with Gasteiger partial charge in [0.05, 0.1) is 0 Å². The van der Waals surface area contributed by atoms with E-state index in [-0.39, 0.29) is 0 Å². The average molecular weight is 266 g/mol. The van der Waals surface area contributed by atoms with E-state index in [2.05, 4.69) is 9.97 Å². The van der Waals surface area contributed by atoms with Crippen molar-refractivity contribution in [1.29, 1.82) is 0 Å². The zero-order valence-electron chi connectivity index (χ0n) is 9.35. The van der Waals surface area contributed by atoms with Gasteiger partial charge in [0, 0.05) is 17.7 Å². The van der Waals surface area contributed by atoms with E-state index in [1.807, 2.05) is 36.6 Å². The van der Waals surface area contributed by atoms with Crippen molar-refractivity contribution in [2.24, 2.45) is 5.73 Å². The lowest BCUT2D eigenvalue weighted by molar-refractivity contribution is 0.930. The van der Waals surface area contributed by atoms with Crippen LogP contribution in [-0.2, 0) is 6.54 Å². The molecule has 0 amide bonds. The molecule has 0 fully saturated rings. The van der Waals surface area contributed by atoms with Gasteiger partial charge in [0.1, 0.15) is 10.2 Å². The number of halogens is 1. The summed E-state index contributed by atoms with van der Waals surface area (Å²) in [4.78, 5) is 8.76. The molecule has 17 heavy (non-hydrogen) atoms. The van der Waals surface area contributed by atoms with E-state index < -0.39 is 0 Å². The van der Waals surface area contributed by atoms with Gasteiger partial charge in [-0.1, -0.05) is 41.9 Å². The number of rotatable bonds is 3. The number of nitrogens with zero attached hydrogens (tertiary/aromatic N) is 2. The van der Waals surface area contributed by atoms with Crippen LogP contribution in [0.15, 0.2) is 35.4 Å². The molecule has 0 atom stereocenters. The first-order valence-electron chi connectivity index (χ1n) is 5.12. The zero-order valence-corrected chi connectivity index (χ0v) is 10.9. The Hall–Kier alpha value is -1.10. The van der Waals surface area contributed by atoms with Crippen LogP contribution in [0, 0.1) is 0 Å². The Bertz CT molecular complexity index is 517. The molecule has 2 aromatic rings. The molecule has 1 aromatic carbocycles. The summed E-state index contributed by atoms with van der Waals surface area (Å²) >= 11 is 7.65. The van der Waals surface area contributed by atoms with Crippen molar-refractivity contribution in [1.82, 2.24) is 9.97 Å². The standard InChI is InChI=1S/C12H12ClN3S/c1-17-12-9(7-14)10(13)15-11(16-12)8-5-3-2-4-6-8/h2-6H,7,14H2,1H3. The molecule has 0 saturated heterocycles. The first-order chi connectivity index (χ1) is 8.26. The fourth-order valence-corrected chi connectivity index (χ4v) is 2.40. The lowest BCUT2D eigenvalue weighted by Crippen LogP contribution is -2.04. The second kappa shape index (κ2) is 5.49. The van der Waals surface area contributed by atoms with E-state index in [1.165, 1.54) is 11.8 Å². The van der Waals surface area contributed by atoms with E-state index in [1.54, 1.807) is 0 Å². The van der Waals surface area contributed by atoms with Gasteiger partial charge >= 0.3 is 0 Å². The first kappa shape index (κ1) is 12.4. The summed E-state index contributed by atoms with van der Waals surface area (Å²) < 4.78 is 0. The van der Waals surface area contributed by atoms with Crippen LogP contribution in [0.4, 0.5) is 0 Å². The highest BCUT2D eigenvalue weighted by Gasteiger charge is 2.11. The minimum absolute atomic E-state index is 0.351. The van der Waals surface area contributed by atoms with Crippen molar-refractivity contribution >= 4 is 23.4 Å². The normalized spacial score (nSPS) is 10.5. The number of nitrogens with two attached hydrogens (primary N) is 1. The Morgan fingerprint density at radius 2 is 1.94 bits per heavy atom. The second-order valence-electron chi connectivity index (χ2n) is 3.40. The number of thioether (sulfide) groups is 1. The number of hydrogen-bond acceptors (Lipinski definition) is 4. The van der Waals surface area contributed by atoms with Crippen molar-refractivity contribution in [3.05, 3.63) is 41.0 Å². The Labute approximate surface area is 109 Å². The molecule has 0 aliphatic rings. The molecule has 0 saturated carbocycles. The van der Waals surface area contributed by atoms with Gasteiger partial charge in [0.25, 0.3) is 0 Å². The summed E-state index contributed by atoms with van der Waals surface area (Å²) in [7, 11) is 0. The van der Waals surface area contributed by atoms with Gasteiger partial charge in [0.2, 0.25) is 0 Å². The summed E-state index contributed by atoms with van der Waals surface area (Å²) in [5.74, 6) is 0.636. The molecule has 0 bridgehead atoms. The molecule has 0 radical (unpaired) electrons. The fraction of sp³-hybridized carbons (Fsp3) is 0.167. The maximum Gasteiger partial charge on any atom is 0.162 e. The maximum atomic E-state index is 6.12. The summed E-state index contributed by atoms with van der Waals surface area (Å²) in [5.41, 5.74) is 7.39. The number of benzene rings is 1. The lowest BCUT2D eigenvalue weighted by atomic mass is 10.2. The SMILES string of the molecule is CSc1nc(-c2ccccc2)nc(Cl)c1CN. The largest absolute Gasteiger partial charge is 0.326 e. The van der Waals surface area contributed by atoms with Gasteiger partial charge in [0.15, 0.2) is 5.82 Å². The highest BCUT2D eigenvalue weighted by Crippen LogP contribution is 2.27. The summed E-state index contributed by atoms with van der Waals surface area (Å²) in [5, 5.41) is 1.28. The van der Waals surface area contributed by atoms with Crippen LogP contribution in [0.2, 0.25) is 5.15 Å². The molecule has 88 valence electrons. The number of aromatic nitrogens is 2. The highest BCUT2D eigenvalue weighted by atomic mass is 35.5. The van der Waals surface area contributed by atoms with Gasteiger partial charge in [-0.25, -0.2) is 9.97 Å². The Kier molecular flexibility index (Phi) is 3.99. The predicted molar refractivity (Wildman–Crippen MR) is 72.2 cm³/mol. The van der Waals surface area contributed by atoms with E-state index in [4.69, 9.17) is 17.3 Å². The van der Waals surface area contributed by atoms with Crippen LogP contribution >= 0.6 is 23.4 Å². The monoisotopic (exact) mass is 265 g/mol. The fourth-order valence-electron chi connectivity index (χ4n) is 1.49. The van der Waals surface area contributed by atoms with E-state index in [0.717, 1.165) is 16.2 Å². The Balaban J connectivity index is 2.54. The van der Waals surface area contributed by atoms with Crippen LogP contribution in [0.5, 0.6) is 0 Å². The van der Waals surface area contributed by atoms with Gasteiger partial charge in [-0.15, -0.1) is 11.8 Å². The smallest absolute Gasteiger partial charge is 0.162 e. The summed E-state index contributed by atoms with van der Waals surface area (Å²) in [6.07, 6.45) is 1.95. The van der Waals surface area contributed by atoms with E-state index in [0.29, 0.717) is 17.5 Å². The van der Waals surface area contributed by atoms with Gasteiger partial charge in [-0.05, 0) is 6.26 Å². The number of hydrogen-bond donors (Lipinski definition) is 1. The van der Waals surface area contributed by atoms with E-state index in [9.17, 15) is 0 Å². The molecular weight excluding hydrogens is 254 g/mol. The minimum atomic E-state index is 0.351. The summed E-state index contributed by atoms with van der Waals surface area (Å²) in [6.45, 7) is 0.351. The molecule has 0 aliphatic heterocycles. The molecule has 2 N–H and O–H groups in total. The third-order valence-electron chi connectivity index (χ3n) is 2.35. The Morgan fingerprint density at radius 3 is 2.53 bits per heavy atom. The van der Waals surface area contributed by atoms with Crippen molar-refractivity contribution in [3.63, 3.8) is 0 Å². The van der Waals surface area contributed by atoms with Crippen molar-refractivity contribution in [2.45, 2.75) is 11.6 Å². The molecule has 2 rings (SSSR count). The van der Waals surface area contributed by atoms with Crippen LogP contribution in [0.3, 0.4) is 0 Å². The van der Waals surface area contributed by atoms with Crippen molar-refractivity contribution < 1.29 is 0 Å². The van der Waals surface area contributed by atoms with Crippen molar-refractivity contribution in [3.8, 4) is 11.4 Å².